The lowest BCUT2D eigenvalue weighted by Crippen LogP contribution is -2.36. The third kappa shape index (κ3) is 7.65. The molecule has 6 nitrogen and oxygen atoms in total. The Hall–Kier alpha value is -2.63. The first kappa shape index (κ1) is 22.4. The maximum Gasteiger partial charge on any atom is 0.353 e. The minimum atomic E-state index is -0.772. The molecule has 0 rings (SSSR count). The van der Waals surface area contributed by atoms with E-state index in [2.05, 4.69) is 42.4 Å². The molecule has 0 spiro atoms. The van der Waals surface area contributed by atoms with Crippen molar-refractivity contribution < 1.29 is 19.1 Å². The Labute approximate surface area is 149 Å². The predicted octanol–water partition coefficient (Wildman–Crippen LogP) is 2.75. The number of carbonyl (C=O) groups is 3. The molecule has 0 fully saturated rings. The highest BCUT2D eigenvalue weighted by Crippen LogP contribution is 2.13. The average Bonchev–Trinajstić information content (AvgIpc) is 2.59. The number of allylic oxidation sites excluding steroid dienone is 2. The van der Waals surface area contributed by atoms with E-state index in [1.54, 1.807) is 6.08 Å². The van der Waals surface area contributed by atoms with E-state index >= 15 is 0 Å². The van der Waals surface area contributed by atoms with Crippen molar-refractivity contribution in [3.63, 3.8) is 0 Å². The van der Waals surface area contributed by atoms with Crippen LogP contribution in [-0.4, -0.2) is 24.9 Å². The molecule has 2 N–H and O–H groups in total. The van der Waals surface area contributed by atoms with Crippen LogP contribution < -0.4 is 10.6 Å². The summed E-state index contributed by atoms with van der Waals surface area (Å²) in [6, 6.07) is 0. The summed E-state index contributed by atoms with van der Waals surface area (Å²) >= 11 is 0. The Kier molecular flexibility index (Phi) is 9.86. The van der Waals surface area contributed by atoms with Gasteiger partial charge in [-0.05, 0) is 19.3 Å². The molecule has 0 aromatic rings. The van der Waals surface area contributed by atoms with E-state index in [1.807, 2.05) is 19.9 Å². The van der Waals surface area contributed by atoms with Crippen LogP contribution in [0.3, 0.4) is 0 Å². The summed E-state index contributed by atoms with van der Waals surface area (Å²) in [5, 5.41) is 4.67. The monoisotopic (exact) mass is 348 g/mol. The lowest BCUT2D eigenvalue weighted by atomic mass is 10.0. The molecule has 0 aromatic heterocycles. The highest BCUT2D eigenvalue weighted by molar-refractivity contribution is 6.05. The topological polar surface area (TPSA) is 84.5 Å². The second kappa shape index (κ2) is 11.0. The first-order chi connectivity index (χ1) is 11.7. The summed E-state index contributed by atoms with van der Waals surface area (Å²) in [5.41, 5.74) is 0.959. The summed E-state index contributed by atoms with van der Waals surface area (Å²) in [7, 11) is 1.17. The Morgan fingerprint density at radius 2 is 1.64 bits per heavy atom. The fourth-order valence-electron chi connectivity index (χ4n) is 1.65. The van der Waals surface area contributed by atoms with Gasteiger partial charge in [0.25, 0.3) is 11.8 Å². The van der Waals surface area contributed by atoms with Crippen LogP contribution in [-0.2, 0) is 19.1 Å². The molecule has 0 aliphatic heterocycles. The highest BCUT2D eigenvalue weighted by Gasteiger charge is 2.17. The predicted molar refractivity (Wildman–Crippen MR) is 98.2 cm³/mol. The van der Waals surface area contributed by atoms with Gasteiger partial charge in [-0.2, -0.15) is 0 Å². The van der Waals surface area contributed by atoms with Crippen molar-refractivity contribution in [3.05, 3.63) is 47.9 Å². The van der Waals surface area contributed by atoms with E-state index in [-0.39, 0.29) is 11.4 Å². The first-order valence-corrected chi connectivity index (χ1v) is 8.14. The van der Waals surface area contributed by atoms with Crippen molar-refractivity contribution in [1.29, 1.82) is 0 Å². The van der Waals surface area contributed by atoms with Gasteiger partial charge in [0.2, 0.25) is 0 Å². The van der Waals surface area contributed by atoms with Crippen LogP contribution in [0.5, 0.6) is 0 Å². The summed E-state index contributed by atoms with van der Waals surface area (Å²) in [6.45, 7) is 14.8. The number of ether oxygens (including phenoxy) is 1. The molecule has 25 heavy (non-hydrogen) atoms. The molecule has 2 amide bonds. The smallest absolute Gasteiger partial charge is 0.353 e. The molecule has 0 bridgehead atoms. The van der Waals surface area contributed by atoms with Gasteiger partial charge in [0.15, 0.2) is 0 Å². The lowest BCUT2D eigenvalue weighted by Gasteiger charge is -2.12. The zero-order valence-electron chi connectivity index (χ0n) is 15.7. The standard InChI is InChI=1S/C19H28N2O4/c1-8-12(3)10-11-16(13(4)9-2)18(23)20-14(5)17(22)21-15(6)19(24)25-7/h10-12H,5-6,8-9H2,1-4,7H3,(H,20,23)(H,21,22)/b11-10-,16-13?/t12-/m1/s1. The third-order valence-electron chi connectivity index (χ3n) is 3.70. The summed E-state index contributed by atoms with van der Waals surface area (Å²) in [5.74, 6) is -1.60. The maximum absolute atomic E-state index is 12.5. The van der Waals surface area contributed by atoms with Gasteiger partial charge in [0.05, 0.1) is 12.8 Å². The average molecular weight is 348 g/mol. The van der Waals surface area contributed by atoms with Crippen molar-refractivity contribution >= 4 is 17.8 Å². The third-order valence-corrected chi connectivity index (χ3v) is 3.70. The maximum atomic E-state index is 12.5. The summed E-state index contributed by atoms with van der Waals surface area (Å²) < 4.78 is 4.44. The van der Waals surface area contributed by atoms with Gasteiger partial charge in [-0.1, -0.05) is 58.1 Å². The number of hydrogen-bond donors (Lipinski definition) is 2. The van der Waals surface area contributed by atoms with Crippen LogP contribution >= 0.6 is 0 Å². The molecule has 0 aliphatic rings. The molecular weight excluding hydrogens is 320 g/mol. The molecule has 0 radical (unpaired) electrons. The fourth-order valence-corrected chi connectivity index (χ4v) is 1.65. The summed E-state index contributed by atoms with van der Waals surface area (Å²) in [4.78, 5) is 35.7. The Morgan fingerprint density at radius 3 is 2.12 bits per heavy atom. The molecular formula is C19H28N2O4. The van der Waals surface area contributed by atoms with Crippen molar-refractivity contribution in [3.8, 4) is 0 Å². The lowest BCUT2D eigenvalue weighted by molar-refractivity contribution is -0.137. The van der Waals surface area contributed by atoms with E-state index < -0.39 is 17.8 Å². The fraction of sp³-hybridized carbons (Fsp3) is 0.421. The quantitative estimate of drug-likeness (QED) is 0.381. The van der Waals surface area contributed by atoms with Gasteiger partial charge in [0.1, 0.15) is 5.70 Å². The van der Waals surface area contributed by atoms with Gasteiger partial charge in [-0.25, -0.2) is 4.79 Å². The van der Waals surface area contributed by atoms with E-state index in [0.29, 0.717) is 17.9 Å². The van der Waals surface area contributed by atoms with Gasteiger partial charge >= 0.3 is 5.97 Å². The van der Waals surface area contributed by atoms with E-state index in [9.17, 15) is 14.4 Å². The van der Waals surface area contributed by atoms with Crippen LogP contribution in [0.4, 0.5) is 0 Å². The van der Waals surface area contributed by atoms with Crippen molar-refractivity contribution in [1.82, 2.24) is 10.6 Å². The second-order valence-electron chi connectivity index (χ2n) is 5.65. The van der Waals surface area contributed by atoms with Crippen LogP contribution in [0.1, 0.15) is 40.5 Å². The Morgan fingerprint density at radius 1 is 1.08 bits per heavy atom. The van der Waals surface area contributed by atoms with Gasteiger partial charge < -0.3 is 15.4 Å². The van der Waals surface area contributed by atoms with Gasteiger partial charge in [-0.3, -0.25) is 9.59 Å². The van der Waals surface area contributed by atoms with Crippen LogP contribution in [0.25, 0.3) is 0 Å². The largest absolute Gasteiger partial charge is 0.464 e. The van der Waals surface area contributed by atoms with Crippen LogP contribution in [0.2, 0.25) is 0 Å². The van der Waals surface area contributed by atoms with Gasteiger partial charge in [-0.15, -0.1) is 0 Å². The van der Waals surface area contributed by atoms with Gasteiger partial charge in [0, 0.05) is 5.57 Å². The Bertz CT molecular complexity index is 615. The molecule has 0 saturated heterocycles. The first-order valence-electron chi connectivity index (χ1n) is 8.14. The molecule has 1 atom stereocenters. The van der Waals surface area contributed by atoms with Crippen molar-refractivity contribution in [2.75, 3.05) is 7.11 Å². The number of carbonyl (C=O) groups excluding carboxylic acids is 3. The highest BCUT2D eigenvalue weighted by atomic mass is 16.5. The molecule has 0 aliphatic carbocycles. The number of amides is 2. The molecule has 0 saturated carbocycles. The van der Waals surface area contributed by atoms with Crippen LogP contribution in [0.15, 0.2) is 47.9 Å². The zero-order valence-corrected chi connectivity index (χ0v) is 15.7. The SMILES string of the molecule is C=C(NC(=O)C(/C=C\[C@H](C)CC)=C(C)CC)C(=O)NC(=C)C(=O)OC. The van der Waals surface area contributed by atoms with Crippen molar-refractivity contribution in [2.45, 2.75) is 40.5 Å². The molecule has 6 heteroatoms. The molecule has 138 valence electrons. The summed E-state index contributed by atoms with van der Waals surface area (Å²) in [6.07, 6.45) is 5.38. The zero-order chi connectivity index (χ0) is 19.6. The van der Waals surface area contributed by atoms with Crippen LogP contribution in [0, 0.1) is 5.92 Å². The number of methoxy groups -OCH3 is 1. The van der Waals surface area contributed by atoms with Crippen molar-refractivity contribution in [2.24, 2.45) is 5.92 Å². The Balaban J connectivity index is 5.09. The number of hydrogen-bond acceptors (Lipinski definition) is 4. The molecule has 0 heterocycles. The number of nitrogens with one attached hydrogen (secondary N) is 2. The number of esters is 1. The molecule has 0 unspecified atom stereocenters. The van der Waals surface area contributed by atoms with E-state index in [0.717, 1.165) is 12.0 Å². The minimum absolute atomic E-state index is 0.187. The van der Waals surface area contributed by atoms with E-state index in [4.69, 9.17) is 0 Å². The normalized spacial score (nSPS) is 12.8. The molecule has 0 aromatic carbocycles. The second-order valence-corrected chi connectivity index (χ2v) is 5.65. The minimum Gasteiger partial charge on any atom is -0.464 e. The van der Waals surface area contributed by atoms with E-state index in [1.165, 1.54) is 7.11 Å². The number of rotatable bonds is 9.